The van der Waals surface area contributed by atoms with Gasteiger partial charge in [0, 0.05) is 31.7 Å². The Morgan fingerprint density at radius 1 is 1.24 bits per heavy atom. The molecule has 1 aliphatic rings. The number of halogens is 1. The van der Waals surface area contributed by atoms with Gasteiger partial charge >= 0.3 is 0 Å². The minimum atomic E-state index is -0.0594. The van der Waals surface area contributed by atoms with Crippen molar-refractivity contribution in [3.63, 3.8) is 0 Å². The fourth-order valence-corrected chi connectivity index (χ4v) is 2.33. The molecule has 3 rings (SSSR count). The lowest BCUT2D eigenvalue weighted by Gasteiger charge is -2.26. The van der Waals surface area contributed by atoms with E-state index in [0.717, 1.165) is 18.7 Å². The Bertz CT molecular complexity index is 604. The molecule has 5 nitrogen and oxygen atoms in total. The number of carbonyl (C=O) groups excluding carboxylic acids is 1. The molecule has 0 unspecified atom stereocenters. The van der Waals surface area contributed by atoms with Gasteiger partial charge in [-0.3, -0.25) is 4.79 Å². The van der Waals surface area contributed by atoms with E-state index in [2.05, 4.69) is 10.3 Å². The van der Waals surface area contributed by atoms with Crippen LogP contribution < -0.4 is 5.32 Å². The van der Waals surface area contributed by atoms with E-state index in [9.17, 15) is 4.79 Å². The van der Waals surface area contributed by atoms with Crippen LogP contribution in [0.4, 0.5) is 0 Å². The Morgan fingerprint density at radius 2 is 1.90 bits per heavy atom. The highest BCUT2D eigenvalue weighted by Crippen LogP contribution is 2.24. The minimum absolute atomic E-state index is 0. The molecule has 0 atom stereocenters. The molecule has 6 heteroatoms. The normalized spacial score (nSPS) is 14.6. The Hall–Kier alpha value is -1.85. The molecule has 112 valence electrons. The first-order chi connectivity index (χ1) is 9.75. The highest BCUT2D eigenvalue weighted by atomic mass is 35.5. The summed E-state index contributed by atoms with van der Waals surface area (Å²) in [6.07, 6.45) is 1.34. The van der Waals surface area contributed by atoms with Gasteiger partial charge in [0.2, 0.25) is 0 Å². The van der Waals surface area contributed by atoms with E-state index in [1.165, 1.54) is 12.0 Å². The second-order valence-electron chi connectivity index (χ2n) is 4.94. The molecule has 0 aliphatic carbocycles. The van der Waals surface area contributed by atoms with Crippen molar-refractivity contribution in [1.82, 2.24) is 15.2 Å². The summed E-state index contributed by atoms with van der Waals surface area (Å²) in [5, 5.41) is 3.23. The predicted octanol–water partition coefficient (Wildman–Crippen LogP) is 2.12. The quantitative estimate of drug-likeness (QED) is 0.923. The van der Waals surface area contributed by atoms with Crippen molar-refractivity contribution in [3.8, 4) is 11.3 Å². The van der Waals surface area contributed by atoms with Gasteiger partial charge in [-0.05, 0) is 6.92 Å². The lowest BCUT2D eigenvalue weighted by molar-refractivity contribution is 0.0731. The number of rotatable bonds is 2. The molecule has 2 aromatic rings. The van der Waals surface area contributed by atoms with Gasteiger partial charge < -0.3 is 14.6 Å². The molecule has 1 aromatic carbocycles. The molecule has 1 aliphatic heterocycles. The summed E-state index contributed by atoms with van der Waals surface area (Å²) >= 11 is 0. The Kier molecular flexibility index (Phi) is 4.98. The largest absolute Gasteiger partial charge is 0.443 e. The average molecular weight is 308 g/mol. The monoisotopic (exact) mass is 307 g/mol. The van der Waals surface area contributed by atoms with Crippen LogP contribution in [0, 0.1) is 6.92 Å². The van der Waals surface area contributed by atoms with E-state index in [4.69, 9.17) is 4.42 Å². The number of hydrogen-bond donors (Lipinski definition) is 1. The number of aromatic nitrogens is 1. The van der Waals surface area contributed by atoms with Gasteiger partial charge in [-0.15, -0.1) is 12.4 Å². The molecular weight excluding hydrogens is 290 g/mol. The van der Waals surface area contributed by atoms with Crippen LogP contribution in [0.3, 0.4) is 0 Å². The third-order valence-electron chi connectivity index (χ3n) is 3.49. The van der Waals surface area contributed by atoms with Gasteiger partial charge in [0.05, 0.1) is 0 Å². The molecule has 1 fully saturated rings. The molecule has 2 heterocycles. The lowest BCUT2D eigenvalue weighted by Crippen LogP contribution is -2.46. The second-order valence-corrected chi connectivity index (χ2v) is 4.94. The Labute approximate surface area is 129 Å². The number of benzene rings is 1. The Morgan fingerprint density at radius 3 is 2.57 bits per heavy atom. The summed E-state index contributed by atoms with van der Waals surface area (Å²) in [7, 11) is 0. The number of nitrogens with zero attached hydrogens (tertiary/aromatic N) is 2. The zero-order valence-electron chi connectivity index (χ0n) is 11.8. The number of piperazine rings is 1. The van der Waals surface area contributed by atoms with Crippen LogP contribution in [-0.2, 0) is 0 Å². The molecule has 0 saturated carbocycles. The van der Waals surface area contributed by atoms with Crippen molar-refractivity contribution in [2.24, 2.45) is 0 Å². The van der Waals surface area contributed by atoms with Gasteiger partial charge in [0.25, 0.3) is 5.91 Å². The van der Waals surface area contributed by atoms with E-state index >= 15 is 0 Å². The fraction of sp³-hybridized carbons (Fsp3) is 0.333. The second kappa shape index (κ2) is 6.74. The first kappa shape index (κ1) is 15.5. The zero-order valence-corrected chi connectivity index (χ0v) is 12.7. The zero-order chi connectivity index (χ0) is 13.9. The lowest BCUT2D eigenvalue weighted by atomic mass is 10.1. The van der Waals surface area contributed by atoms with Crippen molar-refractivity contribution in [2.75, 3.05) is 26.2 Å². The first-order valence-electron chi connectivity index (χ1n) is 6.76. The molecule has 1 aromatic heterocycles. The predicted molar refractivity (Wildman–Crippen MR) is 82.7 cm³/mol. The highest BCUT2D eigenvalue weighted by Gasteiger charge is 2.24. The van der Waals surface area contributed by atoms with E-state index < -0.39 is 0 Å². The van der Waals surface area contributed by atoms with Crippen molar-refractivity contribution in [2.45, 2.75) is 6.92 Å². The van der Waals surface area contributed by atoms with Gasteiger partial charge in [0.15, 0.2) is 17.8 Å². The summed E-state index contributed by atoms with van der Waals surface area (Å²) in [6, 6.07) is 7.89. The Balaban J connectivity index is 0.00000161. The van der Waals surface area contributed by atoms with E-state index in [1.54, 1.807) is 0 Å². The molecule has 1 amide bonds. The summed E-state index contributed by atoms with van der Waals surface area (Å²) in [6.45, 7) is 5.09. The van der Waals surface area contributed by atoms with E-state index in [-0.39, 0.29) is 18.3 Å². The van der Waals surface area contributed by atoms with Crippen molar-refractivity contribution in [1.29, 1.82) is 0 Å². The number of carbonyl (C=O) groups is 1. The molecule has 1 N–H and O–H groups in total. The van der Waals surface area contributed by atoms with E-state index in [0.29, 0.717) is 24.5 Å². The SMILES string of the molecule is Cc1ccc(-c2ocnc2C(=O)N2CCNCC2)cc1.Cl. The van der Waals surface area contributed by atoms with Crippen molar-refractivity contribution in [3.05, 3.63) is 41.9 Å². The molecule has 0 bridgehead atoms. The third-order valence-corrected chi connectivity index (χ3v) is 3.49. The van der Waals surface area contributed by atoms with Gasteiger partial charge in [-0.1, -0.05) is 29.8 Å². The van der Waals surface area contributed by atoms with Crippen LogP contribution in [0.15, 0.2) is 35.1 Å². The van der Waals surface area contributed by atoms with Crippen LogP contribution in [0.1, 0.15) is 16.1 Å². The van der Waals surface area contributed by atoms with Crippen LogP contribution in [0.2, 0.25) is 0 Å². The van der Waals surface area contributed by atoms with Crippen molar-refractivity contribution >= 4 is 18.3 Å². The summed E-state index contributed by atoms with van der Waals surface area (Å²) < 4.78 is 5.43. The standard InChI is InChI=1S/C15H17N3O2.ClH/c1-11-2-4-12(5-3-11)14-13(17-10-20-14)15(19)18-8-6-16-7-9-18;/h2-5,10,16H,6-9H2,1H3;1H. The highest BCUT2D eigenvalue weighted by molar-refractivity contribution is 5.97. The topological polar surface area (TPSA) is 58.4 Å². The smallest absolute Gasteiger partial charge is 0.276 e. The number of aryl methyl sites for hydroxylation is 1. The van der Waals surface area contributed by atoms with Gasteiger partial charge in [-0.25, -0.2) is 4.98 Å². The fourth-order valence-electron chi connectivity index (χ4n) is 2.33. The van der Waals surface area contributed by atoms with Gasteiger partial charge in [-0.2, -0.15) is 0 Å². The summed E-state index contributed by atoms with van der Waals surface area (Å²) in [4.78, 5) is 18.4. The molecule has 21 heavy (non-hydrogen) atoms. The van der Waals surface area contributed by atoms with E-state index in [1.807, 2.05) is 36.1 Å². The van der Waals surface area contributed by atoms with Crippen molar-refractivity contribution < 1.29 is 9.21 Å². The maximum absolute atomic E-state index is 12.5. The van der Waals surface area contributed by atoms with Crippen LogP contribution in [0.5, 0.6) is 0 Å². The van der Waals surface area contributed by atoms with Gasteiger partial charge in [0.1, 0.15) is 0 Å². The average Bonchev–Trinajstić information content (AvgIpc) is 2.97. The first-order valence-corrected chi connectivity index (χ1v) is 6.76. The maximum Gasteiger partial charge on any atom is 0.276 e. The van der Waals surface area contributed by atoms with Crippen LogP contribution in [-0.4, -0.2) is 42.0 Å². The molecule has 0 radical (unpaired) electrons. The molecule has 0 spiro atoms. The van der Waals surface area contributed by atoms with Crippen LogP contribution in [0.25, 0.3) is 11.3 Å². The molecule has 1 saturated heterocycles. The number of hydrogen-bond acceptors (Lipinski definition) is 4. The number of amides is 1. The van der Waals surface area contributed by atoms with Crippen LogP contribution >= 0.6 is 12.4 Å². The summed E-state index contributed by atoms with van der Waals surface area (Å²) in [5.74, 6) is 0.490. The third kappa shape index (κ3) is 3.25. The number of nitrogens with one attached hydrogen (secondary N) is 1. The summed E-state index contributed by atoms with van der Waals surface area (Å²) in [5.41, 5.74) is 2.45. The minimum Gasteiger partial charge on any atom is -0.443 e. The molecular formula is C15H18ClN3O2. The maximum atomic E-state index is 12.5. The number of oxazole rings is 1.